The zero-order valence-electron chi connectivity index (χ0n) is 14.6. The van der Waals surface area contributed by atoms with Gasteiger partial charge >= 0.3 is 0 Å². The first-order valence-electron chi connectivity index (χ1n) is 8.87. The van der Waals surface area contributed by atoms with Crippen LogP contribution in [0.3, 0.4) is 0 Å². The van der Waals surface area contributed by atoms with Gasteiger partial charge in [-0.05, 0) is 43.5 Å². The summed E-state index contributed by atoms with van der Waals surface area (Å²) in [5, 5.41) is 6.31. The third kappa shape index (κ3) is 3.93. The molecule has 2 N–H and O–H groups in total. The second-order valence-electron chi connectivity index (χ2n) is 6.39. The van der Waals surface area contributed by atoms with Gasteiger partial charge in [-0.1, -0.05) is 18.2 Å². The molecule has 27 heavy (non-hydrogen) atoms. The maximum absolute atomic E-state index is 12.6. The molecule has 1 aliphatic rings. The van der Waals surface area contributed by atoms with Gasteiger partial charge in [0, 0.05) is 10.4 Å². The van der Waals surface area contributed by atoms with Crippen LogP contribution in [0.2, 0.25) is 0 Å². The minimum Gasteiger partial charge on any atom is -0.467 e. The van der Waals surface area contributed by atoms with Gasteiger partial charge in [-0.25, -0.2) is 4.98 Å². The zero-order chi connectivity index (χ0) is 18.6. The van der Waals surface area contributed by atoms with Gasteiger partial charge in [-0.15, -0.1) is 11.3 Å². The number of aryl methyl sites for hydroxylation is 1. The molecule has 0 fully saturated rings. The molecule has 1 aliphatic carbocycles. The second kappa shape index (κ2) is 7.75. The monoisotopic (exact) mass is 381 g/mol. The molecule has 4 rings (SSSR count). The largest absolute Gasteiger partial charge is 0.467 e. The lowest BCUT2D eigenvalue weighted by molar-refractivity contribution is -0.123. The molecule has 3 aromatic rings. The fourth-order valence-electron chi connectivity index (χ4n) is 3.20. The molecule has 0 bridgehead atoms. The minimum absolute atomic E-state index is 0.0569. The second-order valence-corrected chi connectivity index (χ2v) is 7.47. The van der Waals surface area contributed by atoms with E-state index in [4.69, 9.17) is 4.42 Å². The highest BCUT2D eigenvalue weighted by Crippen LogP contribution is 2.37. The minimum atomic E-state index is -0.290. The van der Waals surface area contributed by atoms with Crippen LogP contribution in [0.25, 0.3) is 0 Å². The van der Waals surface area contributed by atoms with E-state index in [1.165, 1.54) is 11.3 Å². The highest BCUT2D eigenvalue weighted by atomic mass is 32.1. The first kappa shape index (κ1) is 17.5. The van der Waals surface area contributed by atoms with Crippen molar-refractivity contribution < 1.29 is 14.0 Å². The first-order valence-corrected chi connectivity index (χ1v) is 9.68. The summed E-state index contributed by atoms with van der Waals surface area (Å²) in [5.74, 6) is 0.176. The van der Waals surface area contributed by atoms with Crippen LogP contribution in [0.15, 0.2) is 53.1 Å². The van der Waals surface area contributed by atoms with Crippen molar-refractivity contribution in [3.63, 3.8) is 0 Å². The quantitative estimate of drug-likeness (QED) is 0.705. The molecule has 7 heteroatoms. The molecule has 1 atom stereocenters. The predicted octanol–water partition coefficient (Wildman–Crippen LogP) is 3.72. The van der Waals surface area contributed by atoms with Crippen LogP contribution in [-0.4, -0.2) is 16.8 Å². The summed E-state index contributed by atoms with van der Waals surface area (Å²) in [5.41, 5.74) is 1.37. The molecular weight excluding hydrogens is 362 g/mol. The molecule has 2 aromatic heterocycles. The number of carbonyl (C=O) groups excluding carboxylic acids is 2. The van der Waals surface area contributed by atoms with E-state index in [1.807, 2.05) is 24.3 Å². The molecule has 1 aromatic carbocycles. The predicted molar refractivity (Wildman–Crippen MR) is 103 cm³/mol. The summed E-state index contributed by atoms with van der Waals surface area (Å²) in [6, 6.07) is 12.6. The van der Waals surface area contributed by atoms with Gasteiger partial charge in [0.25, 0.3) is 5.91 Å². The fraction of sp³-hybridized carbons (Fsp3) is 0.250. The normalized spacial score (nSPS) is 15.8. The van der Waals surface area contributed by atoms with E-state index in [2.05, 4.69) is 15.6 Å². The lowest BCUT2D eigenvalue weighted by atomic mass is 9.90. The molecule has 0 saturated carbocycles. The highest BCUT2D eigenvalue weighted by Gasteiger charge is 2.30. The third-order valence-electron chi connectivity index (χ3n) is 4.54. The Balaban J connectivity index is 1.46. The lowest BCUT2D eigenvalue weighted by Gasteiger charge is -2.20. The van der Waals surface area contributed by atoms with Crippen molar-refractivity contribution in [3.05, 3.63) is 70.6 Å². The molecule has 2 amide bonds. The van der Waals surface area contributed by atoms with E-state index >= 15 is 0 Å². The molecule has 0 radical (unpaired) electrons. The smallest absolute Gasteiger partial charge is 0.257 e. The van der Waals surface area contributed by atoms with E-state index in [-0.39, 0.29) is 17.7 Å². The van der Waals surface area contributed by atoms with E-state index in [1.54, 1.807) is 24.5 Å². The average molecular weight is 381 g/mol. The van der Waals surface area contributed by atoms with Crippen molar-refractivity contribution >= 4 is 28.3 Å². The number of nitrogens with zero attached hydrogens (tertiary/aromatic N) is 1. The number of thiazole rings is 1. The summed E-state index contributed by atoms with van der Waals surface area (Å²) in [7, 11) is 0. The number of furan rings is 1. The number of hydrogen-bond acceptors (Lipinski definition) is 5. The molecule has 0 aliphatic heterocycles. The third-order valence-corrected chi connectivity index (χ3v) is 5.59. The van der Waals surface area contributed by atoms with Crippen molar-refractivity contribution in [2.75, 3.05) is 5.32 Å². The average Bonchev–Trinajstić information content (AvgIpc) is 3.35. The first-order chi connectivity index (χ1) is 13.2. The van der Waals surface area contributed by atoms with Crippen molar-refractivity contribution in [2.24, 2.45) is 0 Å². The molecule has 0 spiro atoms. The van der Waals surface area contributed by atoms with Crippen LogP contribution in [0.5, 0.6) is 0 Å². The van der Waals surface area contributed by atoms with Gasteiger partial charge in [0.2, 0.25) is 5.91 Å². The number of benzene rings is 1. The Morgan fingerprint density at radius 3 is 2.81 bits per heavy atom. The van der Waals surface area contributed by atoms with E-state index in [0.717, 1.165) is 29.8 Å². The summed E-state index contributed by atoms with van der Waals surface area (Å²) in [6.45, 7) is 0.361. The standard InChI is InChI=1S/C20H19N3O3S/c24-18(13-6-2-1-3-7-13)23-20-22-17-15(9-4-10-16(17)27-20)19(25)21-12-14-8-5-11-26-14/h1-3,5-8,11,15H,4,9-10,12H2,(H,21,25)(H,22,23,24). The Morgan fingerprint density at radius 2 is 2.04 bits per heavy atom. The summed E-state index contributed by atoms with van der Waals surface area (Å²) < 4.78 is 5.25. The van der Waals surface area contributed by atoms with Crippen LogP contribution in [0.1, 0.15) is 45.4 Å². The number of carbonyl (C=O) groups is 2. The van der Waals surface area contributed by atoms with Crippen molar-refractivity contribution in [2.45, 2.75) is 31.7 Å². The van der Waals surface area contributed by atoms with Gasteiger partial charge in [-0.2, -0.15) is 0 Å². The Morgan fingerprint density at radius 1 is 1.19 bits per heavy atom. The fourth-order valence-corrected chi connectivity index (χ4v) is 4.26. The Kier molecular flexibility index (Phi) is 5.02. The maximum Gasteiger partial charge on any atom is 0.257 e. The number of amides is 2. The van der Waals surface area contributed by atoms with Crippen molar-refractivity contribution in [3.8, 4) is 0 Å². The van der Waals surface area contributed by atoms with Gasteiger partial charge < -0.3 is 9.73 Å². The number of nitrogens with one attached hydrogen (secondary N) is 2. The Labute approximate surface area is 160 Å². The molecule has 2 heterocycles. The van der Waals surface area contributed by atoms with Crippen molar-refractivity contribution in [1.82, 2.24) is 10.3 Å². The maximum atomic E-state index is 12.6. The van der Waals surface area contributed by atoms with Gasteiger partial charge in [0.05, 0.1) is 24.4 Å². The van der Waals surface area contributed by atoms with Gasteiger partial charge in [0.15, 0.2) is 5.13 Å². The van der Waals surface area contributed by atoms with Crippen LogP contribution in [0.4, 0.5) is 5.13 Å². The molecule has 6 nitrogen and oxygen atoms in total. The summed E-state index contributed by atoms with van der Waals surface area (Å²) >= 11 is 1.45. The number of rotatable bonds is 5. The molecule has 0 saturated heterocycles. The number of hydrogen-bond donors (Lipinski definition) is 2. The molecular formula is C20H19N3O3S. The summed E-state index contributed by atoms with van der Waals surface area (Å²) in [6.07, 6.45) is 4.16. The summed E-state index contributed by atoms with van der Waals surface area (Å²) in [4.78, 5) is 30.6. The molecule has 1 unspecified atom stereocenters. The van der Waals surface area contributed by atoms with Crippen LogP contribution in [0, 0.1) is 0 Å². The van der Waals surface area contributed by atoms with Gasteiger partial charge in [0.1, 0.15) is 5.76 Å². The SMILES string of the molecule is O=C(Nc1nc2c(s1)CCCC2C(=O)NCc1ccco1)c1ccccc1. The lowest BCUT2D eigenvalue weighted by Crippen LogP contribution is -2.30. The van der Waals surface area contributed by atoms with Crippen LogP contribution >= 0.6 is 11.3 Å². The topological polar surface area (TPSA) is 84.2 Å². The molecule has 138 valence electrons. The van der Waals surface area contributed by atoms with Gasteiger partial charge in [-0.3, -0.25) is 14.9 Å². The van der Waals surface area contributed by atoms with E-state index < -0.39 is 0 Å². The van der Waals surface area contributed by atoms with E-state index in [0.29, 0.717) is 23.0 Å². The van der Waals surface area contributed by atoms with Crippen LogP contribution in [-0.2, 0) is 17.8 Å². The number of fused-ring (bicyclic) bond motifs is 1. The Hall–Kier alpha value is -2.93. The van der Waals surface area contributed by atoms with Crippen molar-refractivity contribution in [1.29, 1.82) is 0 Å². The number of anilines is 1. The number of aromatic nitrogens is 1. The highest BCUT2D eigenvalue weighted by molar-refractivity contribution is 7.15. The zero-order valence-corrected chi connectivity index (χ0v) is 15.4. The Bertz CT molecular complexity index is 935. The van der Waals surface area contributed by atoms with E-state index in [9.17, 15) is 9.59 Å². The van der Waals surface area contributed by atoms with Crippen LogP contribution < -0.4 is 10.6 Å².